The van der Waals surface area contributed by atoms with E-state index in [-0.39, 0.29) is 16.8 Å². The first-order chi connectivity index (χ1) is 7.04. The van der Waals surface area contributed by atoms with Crippen LogP contribution in [0.3, 0.4) is 0 Å². The first-order valence-corrected chi connectivity index (χ1v) is 4.73. The zero-order valence-corrected chi connectivity index (χ0v) is 8.90. The van der Waals surface area contributed by atoms with Crippen LogP contribution in [0, 0.1) is 10.1 Å². The van der Waals surface area contributed by atoms with Crippen LogP contribution in [0.2, 0.25) is 5.02 Å². The van der Waals surface area contributed by atoms with Crippen LogP contribution < -0.4 is 10.5 Å². The third-order valence-corrected chi connectivity index (χ3v) is 2.08. The molecular weight excluding hydrogens is 220 g/mol. The van der Waals surface area contributed by atoms with Gasteiger partial charge >= 0.3 is 0 Å². The Hall–Kier alpha value is -1.33. The number of hydrogen-bond acceptors (Lipinski definition) is 4. The predicted octanol–water partition coefficient (Wildman–Crippen LogP) is 1.97. The van der Waals surface area contributed by atoms with E-state index < -0.39 is 4.92 Å². The van der Waals surface area contributed by atoms with E-state index in [1.807, 2.05) is 0 Å². The normalized spacial score (nSPS) is 12.2. The van der Waals surface area contributed by atoms with Gasteiger partial charge in [0.1, 0.15) is 11.9 Å². The van der Waals surface area contributed by atoms with E-state index in [0.717, 1.165) is 0 Å². The first kappa shape index (κ1) is 11.7. The van der Waals surface area contributed by atoms with Gasteiger partial charge in [-0.2, -0.15) is 0 Å². The van der Waals surface area contributed by atoms with E-state index in [9.17, 15) is 10.1 Å². The molecule has 1 unspecified atom stereocenters. The molecule has 0 aliphatic carbocycles. The maximum absolute atomic E-state index is 10.4. The molecule has 0 saturated heterocycles. The summed E-state index contributed by atoms with van der Waals surface area (Å²) in [6.45, 7) is 2.14. The number of nitrogens with two attached hydrogens (primary N) is 1. The summed E-state index contributed by atoms with van der Waals surface area (Å²) in [5, 5.41) is 10.6. The molecule has 15 heavy (non-hydrogen) atoms. The number of non-ortho nitro benzene ring substituents is 1. The largest absolute Gasteiger partial charge is 0.488 e. The number of hydrogen-bond donors (Lipinski definition) is 1. The molecule has 0 aliphatic heterocycles. The average Bonchev–Trinajstić information content (AvgIpc) is 2.20. The fourth-order valence-electron chi connectivity index (χ4n) is 0.964. The molecule has 0 heterocycles. The molecule has 0 amide bonds. The number of nitro benzene ring substituents is 1. The SMILES string of the molecule is CC(CN)Oc1ccc([N+](=O)[O-])cc1Cl. The quantitative estimate of drug-likeness (QED) is 0.634. The molecule has 1 rings (SSSR count). The van der Waals surface area contributed by atoms with Crippen LogP contribution in [0.5, 0.6) is 5.75 Å². The average molecular weight is 231 g/mol. The van der Waals surface area contributed by atoms with Gasteiger partial charge in [0.15, 0.2) is 0 Å². The minimum Gasteiger partial charge on any atom is -0.488 e. The second-order valence-corrected chi connectivity index (χ2v) is 3.44. The van der Waals surface area contributed by atoms with Crippen LogP contribution in [0.15, 0.2) is 18.2 Å². The van der Waals surface area contributed by atoms with Crippen molar-refractivity contribution < 1.29 is 9.66 Å². The smallest absolute Gasteiger partial charge is 0.271 e. The Morgan fingerprint density at radius 3 is 2.80 bits per heavy atom. The Kier molecular flexibility index (Phi) is 3.88. The molecule has 5 nitrogen and oxygen atoms in total. The topological polar surface area (TPSA) is 78.4 Å². The highest BCUT2D eigenvalue weighted by Crippen LogP contribution is 2.29. The Morgan fingerprint density at radius 2 is 2.33 bits per heavy atom. The van der Waals surface area contributed by atoms with Crippen molar-refractivity contribution in [2.24, 2.45) is 5.73 Å². The lowest BCUT2D eigenvalue weighted by molar-refractivity contribution is -0.384. The summed E-state index contributed by atoms with van der Waals surface area (Å²) in [5.74, 6) is 0.403. The zero-order valence-electron chi connectivity index (χ0n) is 8.14. The third kappa shape index (κ3) is 3.07. The molecule has 0 spiro atoms. The van der Waals surface area contributed by atoms with Gasteiger partial charge in [0.25, 0.3) is 5.69 Å². The molecule has 0 aromatic heterocycles. The van der Waals surface area contributed by atoms with Gasteiger partial charge in [-0.3, -0.25) is 10.1 Å². The Bertz CT molecular complexity index is 370. The molecular formula is C9H11ClN2O3. The monoisotopic (exact) mass is 230 g/mol. The second kappa shape index (κ2) is 4.95. The number of nitrogens with zero attached hydrogens (tertiary/aromatic N) is 1. The summed E-state index contributed by atoms with van der Waals surface area (Å²) in [4.78, 5) is 9.92. The molecule has 0 radical (unpaired) electrons. The van der Waals surface area contributed by atoms with E-state index in [2.05, 4.69) is 0 Å². The molecule has 1 aromatic rings. The second-order valence-electron chi connectivity index (χ2n) is 3.04. The minimum absolute atomic E-state index is 0.0623. The van der Waals surface area contributed by atoms with Gasteiger partial charge in [-0.05, 0) is 13.0 Å². The fourth-order valence-corrected chi connectivity index (χ4v) is 1.18. The van der Waals surface area contributed by atoms with E-state index in [1.54, 1.807) is 6.92 Å². The molecule has 0 aliphatic rings. The molecule has 0 bridgehead atoms. The van der Waals surface area contributed by atoms with Gasteiger partial charge in [0, 0.05) is 18.7 Å². The Morgan fingerprint density at radius 1 is 1.67 bits per heavy atom. The lowest BCUT2D eigenvalue weighted by Gasteiger charge is -2.13. The van der Waals surface area contributed by atoms with Gasteiger partial charge in [-0.1, -0.05) is 11.6 Å². The van der Waals surface area contributed by atoms with Crippen molar-refractivity contribution in [3.63, 3.8) is 0 Å². The van der Waals surface area contributed by atoms with Crippen molar-refractivity contribution in [2.75, 3.05) is 6.54 Å². The van der Waals surface area contributed by atoms with E-state index >= 15 is 0 Å². The molecule has 1 aromatic carbocycles. The maximum Gasteiger partial charge on any atom is 0.271 e. The van der Waals surface area contributed by atoms with Crippen molar-refractivity contribution >= 4 is 17.3 Å². The van der Waals surface area contributed by atoms with Crippen LogP contribution in [-0.4, -0.2) is 17.6 Å². The highest BCUT2D eigenvalue weighted by atomic mass is 35.5. The van der Waals surface area contributed by atoms with Gasteiger partial charge in [-0.15, -0.1) is 0 Å². The Balaban J connectivity index is 2.88. The minimum atomic E-state index is -0.512. The number of halogens is 1. The number of ether oxygens (including phenoxy) is 1. The summed E-state index contributed by atoms with van der Waals surface area (Å²) < 4.78 is 5.35. The first-order valence-electron chi connectivity index (χ1n) is 4.35. The lowest BCUT2D eigenvalue weighted by Crippen LogP contribution is -2.22. The molecule has 6 heteroatoms. The van der Waals surface area contributed by atoms with E-state index in [1.165, 1.54) is 18.2 Å². The maximum atomic E-state index is 10.4. The van der Waals surface area contributed by atoms with Crippen LogP contribution in [-0.2, 0) is 0 Å². The van der Waals surface area contributed by atoms with Crippen molar-refractivity contribution in [1.82, 2.24) is 0 Å². The number of rotatable bonds is 4. The van der Waals surface area contributed by atoms with Crippen LogP contribution in [0.25, 0.3) is 0 Å². The zero-order chi connectivity index (χ0) is 11.4. The Labute approximate surface area is 91.9 Å². The van der Waals surface area contributed by atoms with Crippen LogP contribution in [0.1, 0.15) is 6.92 Å². The van der Waals surface area contributed by atoms with Crippen molar-refractivity contribution in [3.05, 3.63) is 33.3 Å². The van der Waals surface area contributed by atoms with Gasteiger partial charge < -0.3 is 10.5 Å². The van der Waals surface area contributed by atoms with Crippen molar-refractivity contribution in [3.8, 4) is 5.75 Å². The number of nitro groups is 1. The summed E-state index contributed by atoms with van der Waals surface area (Å²) in [6.07, 6.45) is -0.177. The third-order valence-electron chi connectivity index (χ3n) is 1.79. The summed E-state index contributed by atoms with van der Waals surface area (Å²) in [7, 11) is 0. The van der Waals surface area contributed by atoms with Crippen LogP contribution >= 0.6 is 11.6 Å². The molecule has 0 fully saturated rings. The van der Waals surface area contributed by atoms with Crippen LogP contribution in [0.4, 0.5) is 5.69 Å². The highest BCUT2D eigenvalue weighted by Gasteiger charge is 2.11. The van der Waals surface area contributed by atoms with Gasteiger partial charge in [0.05, 0.1) is 9.95 Å². The molecule has 1 atom stereocenters. The molecule has 82 valence electrons. The molecule has 2 N–H and O–H groups in total. The van der Waals surface area contributed by atoms with Crippen molar-refractivity contribution in [1.29, 1.82) is 0 Å². The van der Waals surface area contributed by atoms with Gasteiger partial charge in [0.2, 0.25) is 0 Å². The standard InChI is InChI=1S/C9H11ClN2O3/c1-6(5-11)15-9-3-2-7(12(13)14)4-8(9)10/h2-4,6H,5,11H2,1H3. The summed E-state index contributed by atoms with van der Waals surface area (Å²) in [6, 6.07) is 4.05. The summed E-state index contributed by atoms with van der Waals surface area (Å²) in [5.41, 5.74) is 5.31. The highest BCUT2D eigenvalue weighted by molar-refractivity contribution is 6.32. The number of benzene rings is 1. The molecule has 0 saturated carbocycles. The van der Waals surface area contributed by atoms with Crippen molar-refractivity contribution in [2.45, 2.75) is 13.0 Å². The summed E-state index contributed by atoms with van der Waals surface area (Å²) >= 11 is 5.80. The predicted molar refractivity (Wildman–Crippen MR) is 57.3 cm³/mol. The fraction of sp³-hybridized carbons (Fsp3) is 0.333. The van der Waals surface area contributed by atoms with E-state index in [0.29, 0.717) is 12.3 Å². The van der Waals surface area contributed by atoms with Gasteiger partial charge in [-0.25, -0.2) is 0 Å². The van der Waals surface area contributed by atoms with E-state index in [4.69, 9.17) is 22.1 Å². The lowest BCUT2D eigenvalue weighted by atomic mass is 10.3.